The van der Waals surface area contributed by atoms with E-state index >= 15 is 0 Å². The van der Waals surface area contributed by atoms with Crippen molar-refractivity contribution in [2.75, 3.05) is 7.11 Å². The van der Waals surface area contributed by atoms with Gasteiger partial charge in [0.05, 0.1) is 12.2 Å². The number of cyclic esters (lactones) is 1. The van der Waals surface area contributed by atoms with Crippen molar-refractivity contribution in [2.45, 2.75) is 193 Å². The number of esters is 2. The quantitative estimate of drug-likeness (QED) is 0.138. The minimum atomic E-state index is -2.38. The van der Waals surface area contributed by atoms with Crippen LogP contribution in [-0.4, -0.2) is 90.4 Å². The predicted molar refractivity (Wildman–Crippen MR) is 241 cm³/mol. The number of aromatic nitrogens is 1. The van der Waals surface area contributed by atoms with Gasteiger partial charge in [0.1, 0.15) is 29.6 Å². The summed E-state index contributed by atoms with van der Waals surface area (Å²) in [5.41, 5.74) is 0.824. The fourth-order valence-corrected chi connectivity index (χ4v) is 14.2. The summed E-state index contributed by atoms with van der Waals surface area (Å²) in [7, 11) is -5.15. The van der Waals surface area contributed by atoms with Gasteiger partial charge in [-0.3, -0.25) is 0 Å². The molecule has 328 valence electrons. The van der Waals surface area contributed by atoms with Crippen molar-refractivity contribution in [3.63, 3.8) is 0 Å². The summed E-state index contributed by atoms with van der Waals surface area (Å²) in [4.78, 5) is 28.7. The van der Waals surface area contributed by atoms with Crippen LogP contribution in [0.15, 0.2) is 42.1 Å². The lowest BCUT2D eigenvalue weighted by atomic mass is 9.57. The first kappa shape index (κ1) is 47.2. The normalized spacial score (nSPS) is 35.1. The maximum absolute atomic E-state index is 14.6. The van der Waals surface area contributed by atoms with Crippen molar-refractivity contribution in [3.8, 4) is 0 Å². The van der Waals surface area contributed by atoms with Crippen LogP contribution in [0.25, 0.3) is 0 Å². The Bertz CT molecular complexity index is 1740. The molecule has 1 saturated carbocycles. The topological polar surface area (TPSA) is 94.5 Å². The van der Waals surface area contributed by atoms with Crippen molar-refractivity contribution < 1.29 is 37.4 Å². The predicted octanol–water partition coefficient (Wildman–Crippen LogP) is 10.8. The molecule has 1 saturated heterocycles. The van der Waals surface area contributed by atoms with Crippen molar-refractivity contribution in [1.82, 2.24) is 4.23 Å². The van der Waals surface area contributed by atoms with Gasteiger partial charge in [0.2, 0.25) is 0 Å². The molecule has 4 bridgehead atoms. The van der Waals surface area contributed by atoms with Crippen LogP contribution in [0.3, 0.4) is 0 Å². The van der Waals surface area contributed by atoms with E-state index < -0.39 is 54.9 Å². The van der Waals surface area contributed by atoms with Gasteiger partial charge in [-0.25, -0.2) is 9.59 Å². The highest BCUT2D eigenvalue weighted by Gasteiger charge is 2.70. The third-order valence-electron chi connectivity index (χ3n) is 16.0. The molecule has 5 rings (SSSR count). The second-order valence-corrected chi connectivity index (χ2v) is 37.4. The third kappa shape index (κ3) is 8.15. The first-order chi connectivity index (χ1) is 26.3. The summed E-state index contributed by atoms with van der Waals surface area (Å²) in [5.74, 6) is -1.45. The molecule has 1 spiro atoms. The molecule has 4 aliphatic rings. The van der Waals surface area contributed by atoms with E-state index in [9.17, 15) is 9.59 Å². The average Bonchev–Trinajstić information content (AvgIpc) is 3.64. The van der Waals surface area contributed by atoms with E-state index in [0.29, 0.717) is 12.1 Å². The summed E-state index contributed by atoms with van der Waals surface area (Å²) in [6.07, 6.45) is 6.20. The molecule has 0 amide bonds. The van der Waals surface area contributed by atoms with E-state index in [1.165, 1.54) is 0 Å². The summed E-state index contributed by atoms with van der Waals surface area (Å²) >= 11 is 0. The second kappa shape index (κ2) is 15.8. The average molecular weight is 858 g/mol. The van der Waals surface area contributed by atoms with Crippen LogP contribution in [0.2, 0.25) is 54.4 Å². The van der Waals surface area contributed by atoms with Gasteiger partial charge in [-0.05, 0) is 85.5 Å². The number of methoxy groups -OCH3 is 1. The number of hydrogen-bond acceptors (Lipinski definition) is 8. The highest BCUT2D eigenvalue weighted by molar-refractivity contribution is 6.79. The van der Waals surface area contributed by atoms with Crippen LogP contribution in [0, 0.1) is 29.6 Å². The van der Waals surface area contributed by atoms with Gasteiger partial charge in [-0.2, -0.15) is 0 Å². The fourth-order valence-electron chi connectivity index (χ4n) is 9.45. The SMILES string of the molecule is CO[C@H]1C[C@H]2C=C[C@H]3[C@H]4O[C@]2(/C(C)=C/[C@@H](C)[C@@H](C(C)O[Si](C)(C)C(C)(C)C)OC1=O)[C@@H]3[C@H](O[Si](C)(C)C(C)(C)C)[C@@H](C)[C@H]4OC(=O)c1cccn1[Si](C)(C)C(C)(C)C. The smallest absolute Gasteiger partial charge is 0.354 e. The Hall–Kier alpha value is -1.81. The van der Waals surface area contributed by atoms with Gasteiger partial charge >= 0.3 is 11.9 Å². The number of hydrogen-bond donors (Lipinski definition) is 0. The van der Waals surface area contributed by atoms with Crippen LogP contribution >= 0.6 is 0 Å². The molecule has 1 aromatic rings. The number of nitrogens with zero attached hydrogens (tertiary/aromatic N) is 1. The minimum absolute atomic E-state index is 0.00997. The fraction of sp³-hybridized carbons (Fsp3) is 0.783. The lowest BCUT2D eigenvalue weighted by Gasteiger charge is -2.53. The van der Waals surface area contributed by atoms with Crippen LogP contribution in [0.5, 0.6) is 0 Å². The lowest BCUT2D eigenvalue weighted by Crippen LogP contribution is -2.61. The van der Waals surface area contributed by atoms with Gasteiger partial charge in [0.25, 0.3) is 0 Å². The molecule has 12 heteroatoms. The van der Waals surface area contributed by atoms with Crippen molar-refractivity contribution in [1.29, 1.82) is 0 Å². The maximum Gasteiger partial charge on any atom is 0.354 e. The molecular weight excluding hydrogens is 779 g/mol. The molecular formula is C46H79NO8Si3. The second-order valence-electron chi connectivity index (χ2n) is 22.8. The Morgan fingerprint density at radius 3 is 2.07 bits per heavy atom. The Kier molecular flexibility index (Phi) is 12.9. The molecule has 12 atom stereocenters. The summed E-state index contributed by atoms with van der Waals surface area (Å²) in [6.45, 7) is 42.5. The molecule has 2 aliphatic carbocycles. The Morgan fingerprint density at radius 1 is 0.914 bits per heavy atom. The Balaban J connectivity index is 1.65. The van der Waals surface area contributed by atoms with Crippen LogP contribution in [-0.2, 0) is 32.6 Å². The lowest BCUT2D eigenvalue weighted by molar-refractivity contribution is -0.171. The van der Waals surface area contributed by atoms with Crippen molar-refractivity contribution in [3.05, 3.63) is 47.8 Å². The van der Waals surface area contributed by atoms with Crippen LogP contribution in [0.1, 0.15) is 107 Å². The van der Waals surface area contributed by atoms with Crippen molar-refractivity contribution >= 4 is 36.8 Å². The zero-order valence-electron chi connectivity index (χ0n) is 39.7. The highest BCUT2D eigenvalue weighted by Crippen LogP contribution is 2.62. The van der Waals surface area contributed by atoms with Gasteiger partial charge < -0.3 is 32.0 Å². The molecule has 3 heterocycles. The number of carbonyl (C=O) groups is 2. The Morgan fingerprint density at radius 2 is 1.52 bits per heavy atom. The van der Waals surface area contributed by atoms with Crippen molar-refractivity contribution in [2.24, 2.45) is 29.6 Å². The molecule has 0 radical (unpaired) electrons. The summed E-state index contributed by atoms with van der Waals surface area (Å²) in [6, 6.07) is 3.86. The summed E-state index contributed by atoms with van der Waals surface area (Å²) in [5, 5.41) is -0.0643. The minimum Gasteiger partial charge on any atom is -0.457 e. The molecule has 58 heavy (non-hydrogen) atoms. The van der Waals surface area contributed by atoms with E-state index in [4.69, 9.17) is 27.8 Å². The third-order valence-corrected chi connectivity index (χ3v) is 30.3. The van der Waals surface area contributed by atoms with E-state index in [-0.39, 0.29) is 68.9 Å². The number of rotatable bonds is 9. The van der Waals surface area contributed by atoms with Gasteiger partial charge in [-0.1, -0.05) is 107 Å². The van der Waals surface area contributed by atoms with E-state index in [1.54, 1.807) is 7.11 Å². The largest absolute Gasteiger partial charge is 0.457 e. The van der Waals surface area contributed by atoms with E-state index in [0.717, 1.165) is 5.57 Å². The van der Waals surface area contributed by atoms with E-state index in [1.807, 2.05) is 25.3 Å². The zero-order valence-corrected chi connectivity index (χ0v) is 42.7. The Labute approximate surface area is 354 Å². The summed E-state index contributed by atoms with van der Waals surface area (Å²) < 4.78 is 43.5. The van der Waals surface area contributed by atoms with Crippen LogP contribution < -0.4 is 0 Å². The van der Waals surface area contributed by atoms with Crippen LogP contribution in [0.4, 0.5) is 0 Å². The highest BCUT2D eigenvalue weighted by atomic mass is 28.4. The van der Waals surface area contributed by atoms with Gasteiger partial charge in [-0.15, -0.1) is 0 Å². The molecule has 1 unspecified atom stereocenters. The monoisotopic (exact) mass is 858 g/mol. The molecule has 0 aromatic carbocycles. The zero-order chi connectivity index (χ0) is 43.9. The molecule has 2 aliphatic heterocycles. The molecule has 1 aromatic heterocycles. The maximum atomic E-state index is 14.6. The first-order valence-corrected chi connectivity index (χ1v) is 30.6. The molecule has 0 N–H and O–H groups in total. The van der Waals surface area contributed by atoms with Gasteiger partial charge in [0, 0.05) is 36.7 Å². The molecule has 2 fully saturated rings. The number of ether oxygens (including phenoxy) is 4. The van der Waals surface area contributed by atoms with Gasteiger partial charge in [0.15, 0.2) is 31.0 Å². The molecule has 9 nitrogen and oxygen atoms in total. The number of carbonyl (C=O) groups excluding carboxylic acids is 2. The first-order valence-electron chi connectivity index (χ1n) is 21.9. The van der Waals surface area contributed by atoms with E-state index in [2.05, 4.69) is 145 Å². The standard InChI is InChI=1S/C46H79NO8Si3/c1-28-26-29(2)46-32(27-35(50-14)42(49)51-37(28)31(4)54-57(17,18)44(8,9)10)23-24-33-36(46)38(55-58(19,20)45(11,12)13)30(3)39(40(33)53-46)52-41(48)34-22-21-25-47(34)56(15,16)43(5,6)7/h21-26,28,30-33,35-40H,27H2,1-20H3/b29-26+/t28-,30-,31?,32-,33-,35+,36+,37+,38-,39-,40-,46+/m1/s1.